The zero-order valence-electron chi connectivity index (χ0n) is 11.0. The number of rotatable bonds is 7. The number of halogens is 1. The maximum atomic E-state index is 10.5. The van der Waals surface area contributed by atoms with Crippen molar-refractivity contribution in [1.29, 1.82) is 0 Å². The van der Waals surface area contributed by atoms with E-state index in [4.69, 9.17) is 20.3 Å². The third kappa shape index (κ3) is 4.72. The molecule has 0 fully saturated rings. The van der Waals surface area contributed by atoms with Crippen LogP contribution in [0.15, 0.2) is 16.6 Å². The Morgan fingerprint density at radius 3 is 2.47 bits per heavy atom. The second-order valence-electron chi connectivity index (χ2n) is 4.20. The van der Waals surface area contributed by atoms with Crippen molar-refractivity contribution in [3.63, 3.8) is 0 Å². The molecule has 0 saturated carbocycles. The third-order valence-corrected chi connectivity index (χ3v) is 3.50. The van der Waals surface area contributed by atoms with E-state index in [1.807, 2.05) is 12.1 Å². The van der Waals surface area contributed by atoms with Gasteiger partial charge in [-0.15, -0.1) is 0 Å². The first kappa shape index (κ1) is 15.8. The maximum Gasteiger partial charge on any atom is 0.303 e. The van der Waals surface area contributed by atoms with Crippen LogP contribution >= 0.6 is 15.9 Å². The minimum atomic E-state index is -0.832. The molecule has 1 aromatic carbocycles. The predicted octanol–water partition coefficient (Wildman–Crippen LogP) is 2.20. The number of carbonyl (C=O) groups is 1. The van der Waals surface area contributed by atoms with Crippen LogP contribution in [0.3, 0.4) is 0 Å². The van der Waals surface area contributed by atoms with Crippen molar-refractivity contribution in [2.75, 3.05) is 14.2 Å². The van der Waals surface area contributed by atoms with E-state index in [1.54, 1.807) is 14.2 Å². The molecule has 5 nitrogen and oxygen atoms in total. The first-order valence-electron chi connectivity index (χ1n) is 5.85. The molecule has 0 saturated heterocycles. The number of hydrogen-bond acceptors (Lipinski definition) is 4. The third-order valence-electron chi connectivity index (χ3n) is 2.76. The van der Waals surface area contributed by atoms with Crippen molar-refractivity contribution >= 4 is 21.9 Å². The van der Waals surface area contributed by atoms with Crippen molar-refractivity contribution in [1.82, 2.24) is 0 Å². The fourth-order valence-electron chi connectivity index (χ4n) is 1.75. The maximum absolute atomic E-state index is 10.5. The molecule has 1 atom stereocenters. The summed E-state index contributed by atoms with van der Waals surface area (Å²) in [4.78, 5) is 10.5. The molecule has 3 N–H and O–H groups in total. The van der Waals surface area contributed by atoms with Crippen LogP contribution in [0.2, 0.25) is 0 Å². The summed E-state index contributed by atoms with van der Waals surface area (Å²) in [6.07, 6.45) is 1.09. The number of methoxy groups -OCH3 is 2. The Labute approximate surface area is 120 Å². The molecule has 106 valence electrons. The van der Waals surface area contributed by atoms with Gasteiger partial charge in [0, 0.05) is 16.9 Å². The zero-order valence-corrected chi connectivity index (χ0v) is 12.6. The average Bonchev–Trinajstić information content (AvgIpc) is 2.38. The van der Waals surface area contributed by atoms with Gasteiger partial charge in [-0.1, -0.05) is 15.9 Å². The van der Waals surface area contributed by atoms with Gasteiger partial charge < -0.3 is 20.3 Å². The predicted molar refractivity (Wildman–Crippen MR) is 75.8 cm³/mol. The zero-order chi connectivity index (χ0) is 14.4. The highest BCUT2D eigenvalue weighted by Gasteiger charge is 2.13. The molecule has 19 heavy (non-hydrogen) atoms. The van der Waals surface area contributed by atoms with E-state index >= 15 is 0 Å². The minimum Gasteiger partial charge on any atom is -0.493 e. The Balaban J connectivity index is 2.80. The largest absolute Gasteiger partial charge is 0.493 e. The molecule has 1 aromatic rings. The molecule has 0 radical (unpaired) electrons. The Bertz CT molecular complexity index is 451. The van der Waals surface area contributed by atoms with Crippen LogP contribution in [-0.4, -0.2) is 31.3 Å². The van der Waals surface area contributed by atoms with Crippen molar-refractivity contribution in [2.45, 2.75) is 25.3 Å². The second-order valence-corrected chi connectivity index (χ2v) is 5.05. The van der Waals surface area contributed by atoms with Crippen molar-refractivity contribution < 1.29 is 19.4 Å². The lowest BCUT2D eigenvalue weighted by Crippen LogP contribution is -2.24. The van der Waals surface area contributed by atoms with E-state index in [1.165, 1.54) is 0 Å². The van der Waals surface area contributed by atoms with Crippen LogP contribution in [0.4, 0.5) is 0 Å². The number of aliphatic carboxylic acids is 1. The van der Waals surface area contributed by atoms with Gasteiger partial charge in [-0.3, -0.25) is 4.79 Å². The van der Waals surface area contributed by atoms with Crippen LogP contribution in [-0.2, 0) is 11.2 Å². The van der Waals surface area contributed by atoms with Gasteiger partial charge >= 0.3 is 5.97 Å². The van der Waals surface area contributed by atoms with E-state index in [0.717, 1.165) is 10.0 Å². The molecule has 0 spiro atoms. The number of carboxylic acids is 1. The second kappa shape index (κ2) is 7.35. The smallest absolute Gasteiger partial charge is 0.303 e. The van der Waals surface area contributed by atoms with Gasteiger partial charge in [0.1, 0.15) is 0 Å². The molecular formula is C13H18BrNO4. The van der Waals surface area contributed by atoms with E-state index < -0.39 is 5.97 Å². The highest BCUT2D eigenvalue weighted by atomic mass is 79.9. The van der Waals surface area contributed by atoms with Gasteiger partial charge in [-0.2, -0.15) is 0 Å². The van der Waals surface area contributed by atoms with Crippen LogP contribution in [0, 0.1) is 0 Å². The number of hydrogen-bond donors (Lipinski definition) is 2. The van der Waals surface area contributed by atoms with Crippen LogP contribution < -0.4 is 15.2 Å². The quantitative estimate of drug-likeness (QED) is 0.800. The van der Waals surface area contributed by atoms with E-state index in [-0.39, 0.29) is 12.5 Å². The fraction of sp³-hybridized carbons (Fsp3) is 0.462. The normalized spacial score (nSPS) is 12.0. The highest BCUT2D eigenvalue weighted by molar-refractivity contribution is 9.10. The van der Waals surface area contributed by atoms with Crippen LogP contribution in [0.1, 0.15) is 18.4 Å². The molecule has 0 aromatic heterocycles. The highest BCUT2D eigenvalue weighted by Crippen LogP contribution is 2.33. The summed E-state index contributed by atoms with van der Waals surface area (Å²) in [5.74, 6) is 0.435. The topological polar surface area (TPSA) is 81.8 Å². The Kier molecular flexibility index (Phi) is 6.11. The number of ether oxygens (including phenoxy) is 2. The standard InChI is InChI=1S/C13H18BrNO4/c1-18-11-6-8(10(14)7-12(11)19-2)5-9(15)3-4-13(16)17/h6-7,9H,3-5,15H2,1-2H3,(H,16,17). The van der Waals surface area contributed by atoms with Crippen molar-refractivity contribution in [3.05, 3.63) is 22.2 Å². The Morgan fingerprint density at radius 1 is 1.37 bits per heavy atom. The summed E-state index contributed by atoms with van der Waals surface area (Å²) in [5, 5.41) is 8.63. The Hall–Kier alpha value is -1.27. The lowest BCUT2D eigenvalue weighted by atomic mass is 10.0. The monoisotopic (exact) mass is 331 g/mol. The van der Waals surface area contributed by atoms with Crippen molar-refractivity contribution in [3.8, 4) is 11.5 Å². The minimum absolute atomic E-state index is 0.0755. The van der Waals surface area contributed by atoms with Crippen LogP contribution in [0.5, 0.6) is 11.5 Å². The van der Waals surface area contributed by atoms with Gasteiger partial charge in [-0.25, -0.2) is 0 Å². The molecule has 6 heteroatoms. The van der Waals surface area contributed by atoms with Gasteiger partial charge in [0.25, 0.3) is 0 Å². The lowest BCUT2D eigenvalue weighted by molar-refractivity contribution is -0.137. The van der Waals surface area contributed by atoms with Crippen molar-refractivity contribution in [2.24, 2.45) is 5.73 Å². The number of benzene rings is 1. The summed E-state index contributed by atoms with van der Waals surface area (Å²) < 4.78 is 11.3. The number of nitrogens with two attached hydrogens (primary N) is 1. The molecule has 0 amide bonds. The van der Waals surface area contributed by atoms with Gasteiger partial charge in [0.15, 0.2) is 11.5 Å². The molecule has 1 unspecified atom stereocenters. The van der Waals surface area contributed by atoms with E-state index in [0.29, 0.717) is 24.3 Å². The van der Waals surface area contributed by atoms with Gasteiger partial charge in [-0.05, 0) is 30.5 Å². The lowest BCUT2D eigenvalue weighted by Gasteiger charge is -2.15. The molecule has 1 rings (SSSR count). The number of carboxylic acid groups (broad SMARTS) is 1. The molecular weight excluding hydrogens is 314 g/mol. The van der Waals surface area contributed by atoms with Gasteiger partial charge in [0.2, 0.25) is 0 Å². The van der Waals surface area contributed by atoms with E-state index in [9.17, 15) is 4.79 Å². The molecule has 0 heterocycles. The Morgan fingerprint density at radius 2 is 1.95 bits per heavy atom. The van der Waals surface area contributed by atoms with Gasteiger partial charge in [0.05, 0.1) is 14.2 Å². The molecule has 0 aliphatic rings. The van der Waals surface area contributed by atoms with E-state index in [2.05, 4.69) is 15.9 Å². The molecule has 0 aliphatic carbocycles. The summed E-state index contributed by atoms with van der Waals surface area (Å²) in [6.45, 7) is 0. The summed E-state index contributed by atoms with van der Waals surface area (Å²) in [6, 6.07) is 3.47. The first-order valence-corrected chi connectivity index (χ1v) is 6.65. The first-order chi connectivity index (χ1) is 8.97. The SMILES string of the molecule is COc1cc(Br)c(CC(N)CCC(=O)O)cc1OC. The molecule has 0 bridgehead atoms. The average molecular weight is 332 g/mol. The van der Waals surface area contributed by atoms with Crippen LogP contribution in [0.25, 0.3) is 0 Å². The molecule has 0 aliphatic heterocycles. The summed E-state index contributed by atoms with van der Waals surface area (Å²) in [5.41, 5.74) is 6.90. The fourth-order valence-corrected chi connectivity index (χ4v) is 2.23. The summed E-state index contributed by atoms with van der Waals surface area (Å²) >= 11 is 3.45. The summed E-state index contributed by atoms with van der Waals surface area (Å²) in [7, 11) is 3.14.